The highest BCUT2D eigenvalue weighted by Gasteiger charge is 2.33. The zero-order chi connectivity index (χ0) is 39.6. The van der Waals surface area contributed by atoms with E-state index in [-0.39, 0.29) is 18.2 Å². The van der Waals surface area contributed by atoms with Gasteiger partial charge in [0.1, 0.15) is 17.1 Å². The van der Waals surface area contributed by atoms with Gasteiger partial charge in [-0.1, -0.05) is 11.3 Å². The zero-order valence-electron chi connectivity index (χ0n) is 32.5. The van der Waals surface area contributed by atoms with Gasteiger partial charge in [-0.05, 0) is 106 Å². The number of pyridine rings is 1. The second-order valence-electron chi connectivity index (χ2n) is 15.5. The number of rotatable bonds is 10. The van der Waals surface area contributed by atoms with Crippen molar-refractivity contribution in [3.05, 3.63) is 77.1 Å². The summed E-state index contributed by atoms with van der Waals surface area (Å²) in [4.78, 5) is 48.1. The Morgan fingerprint density at radius 1 is 0.982 bits per heavy atom. The summed E-state index contributed by atoms with van der Waals surface area (Å²) in [6.45, 7) is 3.05. The minimum Gasteiger partial charge on any atom is -0.387 e. The van der Waals surface area contributed by atoms with E-state index in [0.717, 1.165) is 102 Å². The predicted molar refractivity (Wildman–Crippen MR) is 219 cm³/mol. The smallest absolute Gasteiger partial charge is 0.254 e. The van der Waals surface area contributed by atoms with E-state index in [1.54, 1.807) is 29.1 Å². The Bertz CT molecular complexity index is 2320. The van der Waals surface area contributed by atoms with Crippen LogP contribution in [0, 0.1) is 17.2 Å². The number of imide groups is 1. The summed E-state index contributed by atoms with van der Waals surface area (Å²) in [7, 11) is 5.81. The van der Waals surface area contributed by atoms with Gasteiger partial charge in [-0.25, -0.2) is 4.52 Å². The van der Waals surface area contributed by atoms with Crippen LogP contribution in [0.25, 0.3) is 27.5 Å². The molecule has 2 aliphatic heterocycles. The van der Waals surface area contributed by atoms with Crippen LogP contribution in [0.15, 0.2) is 60.9 Å². The maximum atomic E-state index is 13.1. The summed E-state index contributed by atoms with van der Waals surface area (Å²) in [6, 6.07) is 17.5. The Balaban J connectivity index is 0.808. The molecule has 1 unspecified atom stereocenters. The van der Waals surface area contributed by atoms with Crippen molar-refractivity contribution >= 4 is 45.9 Å². The van der Waals surface area contributed by atoms with Crippen LogP contribution in [0.4, 0.5) is 11.4 Å². The number of carbonyl (C=O) groups excluding carboxylic acids is 3. The molecule has 5 aromatic rings. The molecule has 1 aromatic carbocycles. The number of piperidine rings is 2. The molecule has 15 heteroatoms. The zero-order valence-corrected chi connectivity index (χ0v) is 33.3. The van der Waals surface area contributed by atoms with E-state index in [0.29, 0.717) is 35.4 Å². The number of nitrogens with zero attached hydrogens (tertiary/aromatic N) is 9. The second kappa shape index (κ2) is 16.4. The Morgan fingerprint density at radius 2 is 1.75 bits per heavy atom. The number of anilines is 2. The number of amides is 3. The highest BCUT2D eigenvalue weighted by atomic mass is 32.1. The van der Waals surface area contributed by atoms with E-state index in [2.05, 4.69) is 48.8 Å². The fourth-order valence-corrected chi connectivity index (χ4v) is 9.68. The minimum atomic E-state index is -0.634. The fourth-order valence-electron chi connectivity index (χ4n) is 8.64. The molecule has 57 heavy (non-hydrogen) atoms. The standard InChI is InChI=1S/C42H47N11O3S/c1-44-34-21-35(36-13-12-32-20-27(22-43)23-46-53(32)36)45-24-33(34)41-49-48-40(57-41)28-4-8-30(9-5-28)50(2)25-26-16-18-52(19-17-26)31-10-6-29(7-11-31)42(56)51(3)37-14-15-38(54)47-39(37)55/h6-7,10-13,20-21,23-24,26,28,30,37H,4-5,8-9,14-19,25H2,1-3H3,(H,44,45)(H,47,54,55)/t28-,30-,37?. The molecular formula is C42H47N11O3S. The van der Waals surface area contributed by atoms with Crippen LogP contribution in [-0.2, 0) is 9.59 Å². The van der Waals surface area contributed by atoms with Gasteiger partial charge in [0.25, 0.3) is 5.91 Å². The third kappa shape index (κ3) is 7.97. The van der Waals surface area contributed by atoms with Crippen molar-refractivity contribution in [2.75, 3.05) is 51.0 Å². The van der Waals surface area contributed by atoms with E-state index in [1.807, 2.05) is 61.8 Å². The van der Waals surface area contributed by atoms with Crippen molar-refractivity contribution in [3.63, 3.8) is 0 Å². The summed E-state index contributed by atoms with van der Waals surface area (Å²) < 4.78 is 1.80. The van der Waals surface area contributed by atoms with Crippen LogP contribution in [0.3, 0.4) is 0 Å². The van der Waals surface area contributed by atoms with Gasteiger partial charge in [-0.15, -0.1) is 10.2 Å². The molecule has 6 heterocycles. The lowest BCUT2D eigenvalue weighted by atomic mass is 9.85. The monoisotopic (exact) mass is 785 g/mol. The molecule has 1 saturated carbocycles. The number of aromatic nitrogens is 5. The number of benzene rings is 1. The van der Waals surface area contributed by atoms with E-state index in [1.165, 1.54) is 4.90 Å². The normalized spacial score (nSPS) is 20.4. The molecular weight excluding hydrogens is 739 g/mol. The first-order valence-corrected chi connectivity index (χ1v) is 20.6. The molecule has 3 aliphatic rings. The Kier molecular flexibility index (Phi) is 11.0. The van der Waals surface area contributed by atoms with E-state index in [4.69, 9.17) is 4.98 Å². The summed E-state index contributed by atoms with van der Waals surface area (Å²) in [5.41, 5.74) is 6.47. The van der Waals surface area contributed by atoms with Crippen LogP contribution < -0.4 is 15.5 Å². The van der Waals surface area contributed by atoms with Crippen LogP contribution in [-0.4, -0.2) is 105 Å². The minimum absolute atomic E-state index is 0.221. The second-order valence-corrected chi connectivity index (χ2v) is 16.5. The van der Waals surface area contributed by atoms with Crippen molar-refractivity contribution in [1.29, 1.82) is 5.26 Å². The topological polar surface area (TPSA) is 165 Å². The maximum Gasteiger partial charge on any atom is 0.254 e. The molecule has 8 rings (SSSR count). The Labute approximate surface area is 335 Å². The van der Waals surface area contributed by atoms with Crippen molar-refractivity contribution in [1.82, 2.24) is 39.9 Å². The molecule has 1 aliphatic carbocycles. The van der Waals surface area contributed by atoms with Crippen LogP contribution in [0.2, 0.25) is 0 Å². The average Bonchev–Trinajstić information content (AvgIpc) is 3.91. The first-order valence-electron chi connectivity index (χ1n) is 19.7. The number of fused-ring (bicyclic) bond motifs is 1. The van der Waals surface area contributed by atoms with Crippen LogP contribution >= 0.6 is 11.3 Å². The third-order valence-electron chi connectivity index (χ3n) is 12.0. The number of nitrogens with one attached hydrogen (secondary N) is 2. The number of hydrogen-bond donors (Lipinski definition) is 2. The first-order chi connectivity index (χ1) is 27.7. The van der Waals surface area contributed by atoms with Crippen LogP contribution in [0.5, 0.6) is 0 Å². The molecule has 14 nitrogen and oxygen atoms in total. The Hall–Kier alpha value is -5.72. The van der Waals surface area contributed by atoms with Gasteiger partial charge in [-0.3, -0.25) is 24.7 Å². The molecule has 0 bridgehead atoms. The van der Waals surface area contributed by atoms with Crippen LogP contribution in [0.1, 0.15) is 78.2 Å². The lowest BCUT2D eigenvalue weighted by Gasteiger charge is -2.39. The van der Waals surface area contributed by atoms with Gasteiger partial charge in [-0.2, -0.15) is 10.4 Å². The van der Waals surface area contributed by atoms with Gasteiger partial charge in [0.2, 0.25) is 11.8 Å². The van der Waals surface area contributed by atoms with Crippen molar-refractivity contribution in [2.45, 2.75) is 69.4 Å². The van der Waals surface area contributed by atoms with E-state index in [9.17, 15) is 19.6 Å². The van der Waals surface area contributed by atoms with Gasteiger partial charge in [0.05, 0.1) is 34.2 Å². The lowest BCUT2D eigenvalue weighted by molar-refractivity contribution is -0.136. The van der Waals surface area contributed by atoms with Crippen molar-refractivity contribution in [3.8, 4) is 28.0 Å². The van der Waals surface area contributed by atoms with Crippen molar-refractivity contribution in [2.24, 2.45) is 5.92 Å². The van der Waals surface area contributed by atoms with Crippen molar-refractivity contribution < 1.29 is 14.4 Å². The molecule has 2 N–H and O–H groups in total. The SMILES string of the molecule is CNc1cc(-c2ccc3cc(C#N)cnn23)ncc1-c1nnc([C@H]2CC[C@H](N(C)CC3CCN(c4ccc(C(=O)N(C)C5CCC(=O)NC5=O)cc4)CC3)CC2)s1. The molecule has 294 valence electrons. The van der Waals surface area contributed by atoms with Gasteiger partial charge in [0, 0.05) is 75.2 Å². The van der Waals surface area contributed by atoms with Gasteiger partial charge in [0.15, 0.2) is 5.01 Å². The summed E-state index contributed by atoms with van der Waals surface area (Å²) >= 11 is 1.67. The highest BCUT2D eigenvalue weighted by molar-refractivity contribution is 7.14. The predicted octanol–water partition coefficient (Wildman–Crippen LogP) is 5.58. The fraction of sp³-hybridized carbons (Fsp3) is 0.429. The Morgan fingerprint density at radius 3 is 2.47 bits per heavy atom. The molecule has 3 amide bonds. The number of nitriles is 1. The molecule has 0 radical (unpaired) electrons. The molecule has 3 fully saturated rings. The first kappa shape index (κ1) is 38.2. The number of likely N-dealkylation sites (N-methyl/N-ethyl adjacent to an activating group) is 1. The molecule has 0 spiro atoms. The largest absolute Gasteiger partial charge is 0.387 e. The summed E-state index contributed by atoms with van der Waals surface area (Å²) in [5, 5.41) is 30.6. The third-order valence-corrected chi connectivity index (χ3v) is 13.2. The molecule has 2 saturated heterocycles. The number of hydrogen-bond acceptors (Lipinski definition) is 12. The average molecular weight is 786 g/mol. The molecule has 1 atom stereocenters. The maximum absolute atomic E-state index is 13.1. The lowest BCUT2D eigenvalue weighted by Crippen LogP contribution is -2.52. The van der Waals surface area contributed by atoms with Gasteiger partial charge < -0.3 is 20.0 Å². The quantitative estimate of drug-likeness (QED) is 0.170. The number of carbonyl (C=O) groups is 3. The van der Waals surface area contributed by atoms with Gasteiger partial charge >= 0.3 is 0 Å². The molecule has 4 aromatic heterocycles. The highest BCUT2D eigenvalue weighted by Crippen LogP contribution is 2.40. The van der Waals surface area contributed by atoms with E-state index < -0.39 is 11.9 Å². The summed E-state index contributed by atoms with van der Waals surface area (Å²) in [6.07, 6.45) is 10.7. The van der Waals surface area contributed by atoms with E-state index >= 15 is 0 Å². The summed E-state index contributed by atoms with van der Waals surface area (Å²) in [5.74, 6) is 0.125.